The Balaban J connectivity index is 1.65. The summed E-state index contributed by atoms with van der Waals surface area (Å²) < 4.78 is 1.99. The summed E-state index contributed by atoms with van der Waals surface area (Å²) in [5.41, 5.74) is 3.92. The Morgan fingerprint density at radius 1 is 1.27 bits per heavy atom. The maximum absolute atomic E-state index is 12.5. The zero-order valence-corrected chi connectivity index (χ0v) is 12.3. The molecule has 0 spiro atoms. The number of hydrogen-bond acceptors (Lipinski definition) is 3. The van der Waals surface area contributed by atoms with E-state index in [1.807, 2.05) is 28.8 Å². The molecule has 1 aliphatic heterocycles. The molecular weight excluding hydrogens is 280 g/mol. The van der Waals surface area contributed by atoms with Crippen molar-refractivity contribution < 1.29 is 9.59 Å². The van der Waals surface area contributed by atoms with Gasteiger partial charge >= 0.3 is 0 Å². The molecule has 2 aliphatic rings. The minimum absolute atomic E-state index is 0.0227. The highest BCUT2D eigenvalue weighted by atomic mass is 16.2. The molecule has 0 aromatic carbocycles. The van der Waals surface area contributed by atoms with E-state index in [2.05, 4.69) is 10.4 Å². The van der Waals surface area contributed by atoms with E-state index in [0.717, 1.165) is 37.0 Å². The van der Waals surface area contributed by atoms with Gasteiger partial charge in [-0.25, -0.2) is 4.98 Å². The molecule has 0 radical (unpaired) electrons. The van der Waals surface area contributed by atoms with Gasteiger partial charge in [0.2, 0.25) is 5.91 Å². The number of carbonyl (C=O) groups excluding carboxylic acids is 2. The van der Waals surface area contributed by atoms with Gasteiger partial charge in [0.25, 0.3) is 5.91 Å². The second kappa shape index (κ2) is 5.12. The van der Waals surface area contributed by atoms with Gasteiger partial charge in [0.05, 0.1) is 5.52 Å². The first-order valence-corrected chi connectivity index (χ1v) is 7.82. The maximum atomic E-state index is 12.5. The van der Waals surface area contributed by atoms with Gasteiger partial charge in [0, 0.05) is 25.1 Å². The largest absolute Gasteiger partial charge is 0.303 e. The zero-order chi connectivity index (χ0) is 15.1. The summed E-state index contributed by atoms with van der Waals surface area (Å²) in [6.07, 6.45) is 6.50. The van der Waals surface area contributed by atoms with Crippen LogP contribution in [0.25, 0.3) is 5.52 Å². The van der Waals surface area contributed by atoms with Crippen molar-refractivity contribution in [1.29, 1.82) is 0 Å². The Morgan fingerprint density at radius 2 is 2.14 bits per heavy atom. The van der Waals surface area contributed by atoms with Crippen molar-refractivity contribution >= 4 is 17.3 Å². The fourth-order valence-electron chi connectivity index (χ4n) is 2.96. The number of fused-ring (bicyclic) bond motifs is 1. The number of aromatic nitrogens is 2. The Morgan fingerprint density at radius 3 is 2.91 bits per heavy atom. The number of piperidine rings is 1. The Bertz CT molecular complexity index is 748. The molecule has 114 valence electrons. The van der Waals surface area contributed by atoms with Crippen LogP contribution in [0.4, 0.5) is 0 Å². The van der Waals surface area contributed by atoms with E-state index >= 15 is 0 Å². The van der Waals surface area contributed by atoms with Crippen molar-refractivity contribution in [2.45, 2.75) is 38.0 Å². The lowest BCUT2D eigenvalue weighted by atomic mass is 10.1. The monoisotopic (exact) mass is 298 g/mol. The lowest BCUT2D eigenvalue weighted by molar-refractivity contribution is -0.135. The molecule has 0 unspecified atom stereocenters. The Labute approximate surface area is 128 Å². The van der Waals surface area contributed by atoms with Gasteiger partial charge < -0.3 is 4.40 Å². The number of nitrogens with one attached hydrogen (secondary N) is 1. The number of hydrogen-bond donors (Lipinski definition) is 1. The molecule has 2 fully saturated rings. The predicted octanol–water partition coefficient (Wildman–Crippen LogP) is 1.87. The van der Waals surface area contributed by atoms with Crippen LogP contribution < -0.4 is 5.43 Å². The fourth-order valence-corrected chi connectivity index (χ4v) is 2.96. The molecule has 0 atom stereocenters. The molecule has 1 N–H and O–H groups in total. The van der Waals surface area contributed by atoms with Crippen LogP contribution in [-0.2, 0) is 4.79 Å². The number of imidazole rings is 1. The summed E-state index contributed by atoms with van der Waals surface area (Å²) in [6.45, 7) is 0.575. The molecule has 6 nitrogen and oxygen atoms in total. The van der Waals surface area contributed by atoms with Crippen molar-refractivity contribution in [2.24, 2.45) is 0 Å². The van der Waals surface area contributed by atoms with Crippen LogP contribution in [0.5, 0.6) is 0 Å². The van der Waals surface area contributed by atoms with E-state index in [9.17, 15) is 9.59 Å². The third-order valence-corrected chi connectivity index (χ3v) is 4.29. The number of pyridine rings is 1. The third kappa shape index (κ3) is 2.24. The molecule has 1 aliphatic carbocycles. The second-order valence-electron chi connectivity index (χ2n) is 5.99. The van der Waals surface area contributed by atoms with Crippen LogP contribution in [0.3, 0.4) is 0 Å². The topological polar surface area (TPSA) is 66.7 Å². The zero-order valence-electron chi connectivity index (χ0n) is 12.3. The van der Waals surface area contributed by atoms with Crippen molar-refractivity contribution in [3.63, 3.8) is 0 Å². The minimum Gasteiger partial charge on any atom is -0.303 e. The number of nitrogens with zero attached hydrogens (tertiary/aromatic N) is 3. The van der Waals surface area contributed by atoms with Crippen molar-refractivity contribution in [3.05, 3.63) is 35.9 Å². The fraction of sp³-hybridized carbons (Fsp3) is 0.438. The molecule has 6 heteroatoms. The predicted molar refractivity (Wildman–Crippen MR) is 80.2 cm³/mol. The standard InChI is InChI=1S/C16H18N4O2/c21-13-6-2-4-10-20(13)18-16(22)14-12-5-1-3-9-19(12)15(17-14)11-7-8-11/h1,3,5,9,11H,2,4,6-8,10H2,(H,18,22). The van der Waals surface area contributed by atoms with Gasteiger partial charge in [0.1, 0.15) is 5.82 Å². The summed E-state index contributed by atoms with van der Waals surface area (Å²) in [5.74, 6) is 1.08. The van der Waals surface area contributed by atoms with E-state index in [1.54, 1.807) is 0 Å². The van der Waals surface area contributed by atoms with Gasteiger partial charge in [-0.05, 0) is 37.8 Å². The Kier molecular flexibility index (Phi) is 3.10. The van der Waals surface area contributed by atoms with Crippen LogP contribution in [0, 0.1) is 0 Å². The first kappa shape index (κ1) is 13.3. The van der Waals surface area contributed by atoms with E-state index < -0.39 is 0 Å². The Hall–Kier alpha value is -2.37. The first-order chi connectivity index (χ1) is 10.7. The summed E-state index contributed by atoms with van der Waals surface area (Å²) in [4.78, 5) is 28.9. The van der Waals surface area contributed by atoms with Crippen LogP contribution in [0.2, 0.25) is 0 Å². The van der Waals surface area contributed by atoms with Crippen molar-refractivity contribution in [1.82, 2.24) is 19.8 Å². The molecular formula is C16H18N4O2. The summed E-state index contributed by atoms with van der Waals surface area (Å²) >= 11 is 0. The molecule has 2 aromatic rings. The summed E-state index contributed by atoms with van der Waals surface area (Å²) in [5, 5.41) is 1.43. The maximum Gasteiger partial charge on any atom is 0.290 e. The lowest BCUT2D eigenvalue weighted by Gasteiger charge is -2.26. The minimum atomic E-state index is -0.300. The highest BCUT2D eigenvalue weighted by molar-refractivity contribution is 6.00. The number of rotatable bonds is 3. The average molecular weight is 298 g/mol. The number of carbonyl (C=O) groups is 2. The first-order valence-electron chi connectivity index (χ1n) is 7.82. The second-order valence-corrected chi connectivity index (χ2v) is 5.99. The molecule has 1 saturated heterocycles. The van der Waals surface area contributed by atoms with Gasteiger partial charge in [-0.2, -0.15) is 0 Å². The van der Waals surface area contributed by atoms with Gasteiger partial charge in [-0.1, -0.05) is 6.07 Å². The molecule has 0 bridgehead atoms. The molecule has 1 saturated carbocycles. The van der Waals surface area contributed by atoms with Crippen molar-refractivity contribution in [2.75, 3.05) is 6.54 Å². The van der Waals surface area contributed by atoms with E-state index in [1.165, 1.54) is 5.01 Å². The third-order valence-electron chi connectivity index (χ3n) is 4.29. The van der Waals surface area contributed by atoms with Crippen molar-refractivity contribution in [3.8, 4) is 0 Å². The molecule has 22 heavy (non-hydrogen) atoms. The van der Waals surface area contributed by atoms with Crippen LogP contribution in [-0.4, -0.2) is 32.8 Å². The van der Waals surface area contributed by atoms with Gasteiger partial charge in [-0.15, -0.1) is 0 Å². The normalized spacial score (nSPS) is 18.7. The van der Waals surface area contributed by atoms with Gasteiger partial charge in [0.15, 0.2) is 5.69 Å². The smallest absolute Gasteiger partial charge is 0.290 e. The van der Waals surface area contributed by atoms with Crippen LogP contribution >= 0.6 is 0 Å². The molecule has 3 heterocycles. The summed E-state index contributed by atoms with van der Waals surface area (Å²) in [7, 11) is 0. The van der Waals surface area contributed by atoms with E-state index in [-0.39, 0.29) is 11.8 Å². The lowest BCUT2D eigenvalue weighted by Crippen LogP contribution is -2.48. The van der Waals surface area contributed by atoms with Crippen LogP contribution in [0.15, 0.2) is 24.4 Å². The molecule has 2 aromatic heterocycles. The summed E-state index contributed by atoms with van der Waals surface area (Å²) in [6, 6.07) is 5.73. The number of hydrazine groups is 1. The highest BCUT2D eigenvalue weighted by Gasteiger charge is 2.31. The molecule has 4 rings (SSSR count). The van der Waals surface area contributed by atoms with E-state index in [4.69, 9.17) is 0 Å². The van der Waals surface area contributed by atoms with Crippen LogP contribution in [0.1, 0.15) is 54.3 Å². The highest BCUT2D eigenvalue weighted by Crippen LogP contribution is 2.39. The van der Waals surface area contributed by atoms with E-state index in [0.29, 0.717) is 24.6 Å². The number of amides is 2. The SMILES string of the molecule is O=C(NN1CCCCC1=O)c1nc(C2CC2)n2ccccc12. The average Bonchev–Trinajstić information content (AvgIpc) is 3.30. The quantitative estimate of drug-likeness (QED) is 0.940. The van der Waals surface area contributed by atoms with Gasteiger partial charge in [-0.3, -0.25) is 20.0 Å². The molecule has 2 amide bonds.